The van der Waals surface area contributed by atoms with Crippen molar-refractivity contribution in [2.24, 2.45) is 0 Å². The monoisotopic (exact) mass is 291 g/mol. The van der Waals surface area contributed by atoms with Crippen LogP contribution in [0.4, 0.5) is 0 Å². The highest BCUT2D eigenvalue weighted by molar-refractivity contribution is 5.27. The molecular formula is C17H25NO3. The van der Waals surface area contributed by atoms with E-state index in [2.05, 4.69) is 4.90 Å². The summed E-state index contributed by atoms with van der Waals surface area (Å²) >= 11 is 0. The van der Waals surface area contributed by atoms with E-state index in [1.54, 1.807) is 0 Å². The van der Waals surface area contributed by atoms with Crippen LogP contribution in [-0.4, -0.2) is 54.6 Å². The first-order valence-electron chi connectivity index (χ1n) is 7.89. The Hall–Kier alpha value is -1.10. The first-order chi connectivity index (χ1) is 10.2. The molecule has 1 aliphatic carbocycles. The van der Waals surface area contributed by atoms with Crippen LogP contribution in [0.2, 0.25) is 0 Å². The summed E-state index contributed by atoms with van der Waals surface area (Å²) in [5, 5.41) is 10.2. The molecular weight excluding hydrogens is 266 g/mol. The van der Waals surface area contributed by atoms with Crippen molar-refractivity contribution in [3.63, 3.8) is 0 Å². The van der Waals surface area contributed by atoms with Crippen molar-refractivity contribution in [3.05, 3.63) is 29.8 Å². The summed E-state index contributed by atoms with van der Waals surface area (Å²) in [7, 11) is 0. The Bertz CT molecular complexity index is 473. The molecule has 4 nitrogen and oxygen atoms in total. The average Bonchev–Trinajstić information content (AvgIpc) is 2.44. The van der Waals surface area contributed by atoms with E-state index in [0.717, 1.165) is 25.4 Å². The van der Waals surface area contributed by atoms with Crippen molar-refractivity contribution in [2.45, 2.75) is 37.9 Å². The molecule has 0 bridgehead atoms. The number of ether oxygens (including phenoxy) is 2. The molecule has 3 rings (SSSR count). The predicted molar refractivity (Wildman–Crippen MR) is 81.7 cm³/mol. The molecule has 116 valence electrons. The van der Waals surface area contributed by atoms with Gasteiger partial charge in [0.1, 0.15) is 18.5 Å². The van der Waals surface area contributed by atoms with Gasteiger partial charge in [0.15, 0.2) is 0 Å². The molecule has 21 heavy (non-hydrogen) atoms. The molecule has 1 aromatic carbocycles. The van der Waals surface area contributed by atoms with Crippen molar-refractivity contribution in [2.75, 3.05) is 32.8 Å². The number of aryl methyl sites for hydroxylation is 1. The van der Waals surface area contributed by atoms with Crippen molar-refractivity contribution in [1.82, 2.24) is 4.90 Å². The van der Waals surface area contributed by atoms with Crippen LogP contribution in [0.1, 0.15) is 24.8 Å². The van der Waals surface area contributed by atoms with Crippen LogP contribution in [0.3, 0.4) is 0 Å². The summed E-state index contributed by atoms with van der Waals surface area (Å²) in [6.07, 6.45) is 3.15. The lowest BCUT2D eigenvalue weighted by atomic mass is 9.79. The first-order valence-corrected chi connectivity index (χ1v) is 7.89. The van der Waals surface area contributed by atoms with Gasteiger partial charge in [0.25, 0.3) is 0 Å². The molecule has 0 amide bonds. The summed E-state index contributed by atoms with van der Waals surface area (Å²) in [6.45, 7) is 5.68. The highest BCUT2D eigenvalue weighted by Gasteiger charge is 2.42. The Balaban J connectivity index is 1.44. The second kappa shape index (κ2) is 6.34. The third kappa shape index (κ3) is 3.76. The van der Waals surface area contributed by atoms with Crippen molar-refractivity contribution >= 4 is 0 Å². The van der Waals surface area contributed by atoms with E-state index < -0.39 is 6.10 Å². The minimum absolute atomic E-state index is 0.0926. The van der Waals surface area contributed by atoms with Gasteiger partial charge in [0, 0.05) is 19.6 Å². The maximum absolute atomic E-state index is 10.2. The van der Waals surface area contributed by atoms with Crippen LogP contribution >= 0.6 is 0 Å². The Morgan fingerprint density at radius 1 is 1.43 bits per heavy atom. The van der Waals surface area contributed by atoms with E-state index in [9.17, 15) is 5.11 Å². The van der Waals surface area contributed by atoms with Gasteiger partial charge < -0.3 is 14.6 Å². The van der Waals surface area contributed by atoms with E-state index in [1.165, 1.54) is 24.8 Å². The lowest BCUT2D eigenvalue weighted by Crippen LogP contribution is -2.57. The normalized spacial score (nSPS) is 22.8. The largest absolute Gasteiger partial charge is 0.491 e. The number of aliphatic hydroxyl groups is 1. The SMILES string of the molecule is Cc1cccc(OCC(O)CN2CCOC3(CCC3)C2)c1. The zero-order valence-electron chi connectivity index (χ0n) is 12.8. The Morgan fingerprint density at radius 3 is 3.00 bits per heavy atom. The molecule has 1 unspecified atom stereocenters. The summed E-state index contributed by atoms with van der Waals surface area (Å²) in [5.74, 6) is 0.825. The van der Waals surface area contributed by atoms with Crippen LogP contribution in [0.15, 0.2) is 24.3 Å². The van der Waals surface area contributed by atoms with Crippen LogP contribution in [0, 0.1) is 6.92 Å². The van der Waals surface area contributed by atoms with Crippen LogP contribution in [-0.2, 0) is 4.74 Å². The van der Waals surface area contributed by atoms with Crippen molar-refractivity contribution in [3.8, 4) is 5.75 Å². The smallest absolute Gasteiger partial charge is 0.119 e. The molecule has 4 heteroatoms. The van der Waals surface area contributed by atoms with Crippen LogP contribution in [0.5, 0.6) is 5.75 Å². The number of hydrogen-bond donors (Lipinski definition) is 1. The molecule has 2 aliphatic rings. The predicted octanol–water partition coefficient (Wildman–Crippen LogP) is 1.99. The Morgan fingerprint density at radius 2 is 2.29 bits per heavy atom. The van der Waals surface area contributed by atoms with Gasteiger partial charge in [-0.3, -0.25) is 4.90 Å². The van der Waals surface area contributed by atoms with Crippen molar-refractivity contribution in [1.29, 1.82) is 0 Å². The van der Waals surface area contributed by atoms with E-state index in [-0.39, 0.29) is 5.60 Å². The van der Waals surface area contributed by atoms with E-state index >= 15 is 0 Å². The fourth-order valence-electron chi connectivity index (χ4n) is 3.20. The molecule has 0 aromatic heterocycles. The molecule has 1 aromatic rings. The van der Waals surface area contributed by atoms with E-state index in [4.69, 9.17) is 9.47 Å². The van der Waals surface area contributed by atoms with Gasteiger partial charge in [-0.25, -0.2) is 0 Å². The second-order valence-electron chi connectivity index (χ2n) is 6.40. The average molecular weight is 291 g/mol. The quantitative estimate of drug-likeness (QED) is 0.901. The first kappa shape index (κ1) is 14.8. The fraction of sp³-hybridized carbons (Fsp3) is 0.647. The minimum atomic E-state index is -0.458. The molecule has 1 atom stereocenters. The van der Waals surface area contributed by atoms with E-state index in [1.807, 2.05) is 31.2 Å². The zero-order valence-corrected chi connectivity index (χ0v) is 12.8. The van der Waals surface area contributed by atoms with Gasteiger partial charge in [-0.05, 0) is 43.9 Å². The molecule has 1 saturated carbocycles. The lowest BCUT2D eigenvalue weighted by Gasteiger charge is -2.48. The number of morpholine rings is 1. The summed E-state index contributed by atoms with van der Waals surface area (Å²) in [5.41, 5.74) is 1.26. The van der Waals surface area contributed by atoms with Gasteiger partial charge in [0.2, 0.25) is 0 Å². The maximum atomic E-state index is 10.2. The number of nitrogens with zero attached hydrogens (tertiary/aromatic N) is 1. The van der Waals surface area contributed by atoms with Crippen LogP contribution < -0.4 is 4.74 Å². The molecule has 2 fully saturated rings. The number of hydrogen-bond acceptors (Lipinski definition) is 4. The summed E-state index contributed by atoms with van der Waals surface area (Å²) in [4.78, 5) is 2.31. The van der Waals surface area contributed by atoms with Gasteiger partial charge in [0.05, 0.1) is 12.2 Å². The molecule has 1 N–H and O–H groups in total. The van der Waals surface area contributed by atoms with Gasteiger partial charge in [-0.2, -0.15) is 0 Å². The number of rotatable bonds is 5. The standard InChI is InChI=1S/C17H25NO3/c1-14-4-2-5-16(10-14)20-12-15(19)11-18-8-9-21-17(13-18)6-3-7-17/h2,4-5,10,15,19H,3,6-9,11-13H2,1H3. The highest BCUT2D eigenvalue weighted by atomic mass is 16.5. The van der Waals surface area contributed by atoms with Gasteiger partial charge in [-0.15, -0.1) is 0 Å². The molecule has 1 heterocycles. The molecule has 1 saturated heterocycles. The Labute approximate surface area is 126 Å². The third-order valence-electron chi connectivity index (χ3n) is 4.49. The molecule has 1 aliphatic heterocycles. The van der Waals surface area contributed by atoms with Gasteiger partial charge >= 0.3 is 0 Å². The Kier molecular flexibility index (Phi) is 4.48. The lowest BCUT2D eigenvalue weighted by molar-refractivity contribution is -0.155. The topological polar surface area (TPSA) is 41.9 Å². The van der Waals surface area contributed by atoms with Gasteiger partial charge in [-0.1, -0.05) is 12.1 Å². The fourth-order valence-corrected chi connectivity index (χ4v) is 3.20. The second-order valence-corrected chi connectivity index (χ2v) is 6.40. The number of aliphatic hydroxyl groups excluding tert-OH is 1. The minimum Gasteiger partial charge on any atom is -0.491 e. The molecule has 0 radical (unpaired) electrons. The highest BCUT2D eigenvalue weighted by Crippen LogP contribution is 2.38. The van der Waals surface area contributed by atoms with E-state index in [0.29, 0.717) is 13.2 Å². The third-order valence-corrected chi connectivity index (χ3v) is 4.49. The van der Waals surface area contributed by atoms with Crippen molar-refractivity contribution < 1.29 is 14.6 Å². The maximum Gasteiger partial charge on any atom is 0.119 e. The zero-order chi connectivity index (χ0) is 14.7. The van der Waals surface area contributed by atoms with Crippen LogP contribution in [0.25, 0.3) is 0 Å². The summed E-state index contributed by atoms with van der Waals surface area (Å²) in [6, 6.07) is 7.93. The summed E-state index contributed by atoms with van der Waals surface area (Å²) < 4.78 is 11.6. The number of β-amino-alcohol motifs (C(OH)–C–C–N with tert-alkyl or cyclic N) is 1. The number of benzene rings is 1. The molecule has 1 spiro atoms.